The monoisotopic (exact) mass is 429 g/mol. The summed E-state index contributed by atoms with van der Waals surface area (Å²) in [6.45, 7) is 2.40. The van der Waals surface area contributed by atoms with Gasteiger partial charge in [-0.25, -0.2) is 4.39 Å². The minimum absolute atomic E-state index is 0.01000. The van der Waals surface area contributed by atoms with Gasteiger partial charge in [0, 0.05) is 36.3 Å². The molecule has 0 saturated heterocycles. The number of ether oxygens (including phenoxy) is 1. The van der Waals surface area contributed by atoms with Gasteiger partial charge in [-0.15, -0.1) is 0 Å². The normalized spacial score (nSPS) is 10.1. The van der Waals surface area contributed by atoms with Crippen molar-refractivity contribution < 1.29 is 28.3 Å². The van der Waals surface area contributed by atoms with Gasteiger partial charge in [-0.3, -0.25) is 19.2 Å². The van der Waals surface area contributed by atoms with Crippen molar-refractivity contribution in [1.29, 1.82) is 0 Å². The van der Waals surface area contributed by atoms with Crippen molar-refractivity contribution in [3.8, 4) is 0 Å². The van der Waals surface area contributed by atoms with E-state index >= 15 is 0 Å². The molecule has 0 aliphatic rings. The van der Waals surface area contributed by atoms with Gasteiger partial charge in [0.1, 0.15) is 5.82 Å². The Morgan fingerprint density at radius 2 is 1.39 bits per heavy atom. The Balaban J connectivity index is 1.71. The van der Waals surface area contributed by atoms with Gasteiger partial charge in [-0.2, -0.15) is 0 Å². The Kier molecular flexibility index (Phi) is 9.15. The number of esters is 1. The number of nitrogens with one attached hydrogen (secondary N) is 3. The zero-order chi connectivity index (χ0) is 22.6. The van der Waals surface area contributed by atoms with Crippen molar-refractivity contribution in [3.63, 3.8) is 0 Å². The molecule has 2 aromatic carbocycles. The van der Waals surface area contributed by atoms with Crippen LogP contribution in [-0.4, -0.2) is 43.4 Å². The van der Waals surface area contributed by atoms with E-state index in [0.29, 0.717) is 16.8 Å². The first-order valence-electron chi connectivity index (χ1n) is 9.76. The number of halogens is 1. The number of carbonyl (C=O) groups is 4. The van der Waals surface area contributed by atoms with Gasteiger partial charge in [0.05, 0.1) is 13.0 Å². The van der Waals surface area contributed by atoms with Gasteiger partial charge < -0.3 is 20.7 Å². The summed E-state index contributed by atoms with van der Waals surface area (Å²) in [7, 11) is 0. The smallest absolute Gasteiger partial charge is 0.306 e. The molecule has 0 fully saturated rings. The topological polar surface area (TPSA) is 114 Å². The van der Waals surface area contributed by atoms with Crippen LogP contribution in [0.5, 0.6) is 0 Å². The van der Waals surface area contributed by atoms with Crippen molar-refractivity contribution in [2.45, 2.75) is 19.8 Å². The molecule has 3 N–H and O–H groups in total. The maximum absolute atomic E-state index is 12.9. The maximum Gasteiger partial charge on any atom is 0.306 e. The average molecular weight is 429 g/mol. The molecule has 31 heavy (non-hydrogen) atoms. The summed E-state index contributed by atoms with van der Waals surface area (Å²) < 4.78 is 17.7. The highest BCUT2D eigenvalue weighted by molar-refractivity contribution is 6.04. The fourth-order valence-electron chi connectivity index (χ4n) is 2.53. The lowest BCUT2D eigenvalue weighted by molar-refractivity contribution is -0.144. The summed E-state index contributed by atoms with van der Waals surface area (Å²) in [6, 6.07) is 11.4. The van der Waals surface area contributed by atoms with Crippen LogP contribution >= 0.6 is 0 Å². The predicted molar refractivity (Wildman–Crippen MR) is 112 cm³/mol. The molecular weight excluding hydrogens is 405 g/mol. The second kappa shape index (κ2) is 12.1. The number of carbonyl (C=O) groups excluding carboxylic acids is 4. The lowest BCUT2D eigenvalue weighted by Gasteiger charge is -2.09. The number of amides is 3. The Hall–Kier alpha value is -3.75. The van der Waals surface area contributed by atoms with Gasteiger partial charge in [0.25, 0.3) is 11.8 Å². The number of rotatable bonds is 10. The first kappa shape index (κ1) is 23.5. The fraction of sp³-hybridized carbons (Fsp3) is 0.273. The van der Waals surface area contributed by atoms with Crippen molar-refractivity contribution in [3.05, 3.63) is 65.5 Å². The second-order valence-corrected chi connectivity index (χ2v) is 6.45. The molecule has 0 atom stereocenters. The molecule has 2 aromatic rings. The molecule has 0 saturated carbocycles. The summed E-state index contributed by atoms with van der Waals surface area (Å²) in [5.74, 6) is -1.89. The fourth-order valence-corrected chi connectivity index (χ4v) is 2.53. The molecule has 164 valence electrons. The molecule has 0 unspecified atom stereocenters. The first-order chi connectivity index (χ1) is 14.9. The van der Waals surface area contributed by atoms with E-state index in [4.69, 9.17) is 4.74 Å². The third kappa shape index (κ3) is 8.25. The molecule has 0 spiro atoms. The molecule has 8 nitrogen and oxygen atoms in total. The van der Waals surface area contributed by atoms with Gasteiger partial charge >= 0.3 is 5.97 Å². The highest BCUT2D eigenvalue weighted by Crippen LogP contribution is 2.12. The van der Waals surface area contributed by atoms with Crippen LogP contribution in [0.2, 0.25) is 0 Å². The molecule has 0 aromatic heterocycles. The van der Waals surface area contributed by atoms with Crippen LogP contribution in [0.25, 0.3) is 0 Å². The molecule has 0 heterocycles. The van der Waals surface area contributed by atoms with E-state index in [9.17, 15) is 23.6 Å². The van der Waals surface area contributed by atoms with Crippen LogP contribution in [0, 0.1) is 5.82 Å². The summed E-state index contributed by atoms with van der Waals surface area (Å²) in [5, 5.41) is 7.93. The highest BCUT2D eigenvalue weighted by Gasteiger charge is 2.09. The van der Waals surface area contributed by atoms with Crippen LogP contribution in [0.3, 0.4) is 0 Å². The minimum atomic E-state index is -0.428. The van der Waals surface area contributed by atoms with Crippen LogP contribution < -0.4 is 16.0 Å². The first-order valence-corrected chi connectivity index (χ1v) is 9.76. The van der Waals surface area contributed by atoms with Gasteiger partial charge in [-0.05, 0) is 55.5 Å². The minimum Gasteiger partial charge on any atom is -0.466 e. The quantitative estimate of drug-likeness (QED) is 0.396. The molecular formula is C22H24FN3O5. The van der Waals surface area contributed by atoms with E-state index < -0.39 is 17.7 Å². The van der Waals surface area contributed by atoms with E-state index in [1.165, 1.54) is 24.3 Å². The summed E-state index contributed by atoms with van der Waals surface area (Å²) in [6.07, 6.45) is 0.0357. The average Bonchev–Trinajstić information content (AvgIpc) is 2.76. The zero-order valence-corrected chi connectivity index (χ0v) is 17.1. The van der Waals surface area contributed by atoms with Crippen molar-refractivity contribution in [1.82, 2.24) is 10.6 Å². The van der Waals surface area contributed by atoms with E-state index in [0.717, 1.165) is 0 Å². The third-order valence-electron chi connectivity index (χ3n) is 4.11. The Morgan fingerprint density at radius 3 is 2.03 bits per heavy atom. The van der Waals surface area contributed by atoms with Gasteiger partial charge in [0.2, 0.25) is 5.91 Å². The molecule has 9 heteroatoms. The Bertz CT molecular complexity index is 914. The molecule has 2 rings (SSSR count). The van der Waals surface area contributed by atoms with Crippen molar-refractivity contribution >= 4 is 29.4 Å². The van der Waals surface area contributed by atoms with Gasteiger partial charge in [0.15, 0.2) is 0 Å². The van der Waals surface area contributed by atoms with Gasteiger partial charge in [-0.1, -0.05) is 0 Å². The second-order valence-electron chi connectivity index (χ2n) is 6.45. The Morgan fingerprint density at radius 1 is 0.806 bits per heavy atom. The Labute approximate surface area is 179 Å². The number of hydrogen-bond acceptors (Lipinski definition) is 5. The van der Waals surface area contributed by atoms with Crippen LogP contribution in [0.15, 0.2) is 48.5 Å². The predicted octanol–water partition coefficient (Wildman–Crippen LogP) is 2.27. The summed E-state index contributed by atoms with van der Waals surface area (Å²) >= 11 is 0. The van der Waals surface area contributed by atoms with E-state index in [-0.39, 0.29) is 44.4 Å². The molecule has 0 bridgehead atoms. The molecule has 0 radical (unpaired) electrons. The van der Waals surface area contributed by atoms with Crippen molar-refractivity contribution in [2.75, 3.05) is 25.0 Å². The van der Waals surface area contributed by atoms with E-state index in [2.05, 4.69) is 16.0 Å². The maximum atomic E-state index is 12.9. The third-order valence-corrected chi connectivity index (χ3v) is 4.11. The number of anilines is 1. The zero-order valence-electron chi connectivity index (χ0n) is 17.1. The summed E-state index contributed by atoms with van der Waals surface area (Å²) in [5.41, 5.74) is 1.18. The highest BCUT2D eigenvalue weighted by atomic mass is 19.1. The lowest BCUT2D eigenvalue weighted by atomic mass is 10.1. The lowest BCUT2D eigenvalue weighted by Crippen LogP contribution is -2.34. The van der Waals surface area contributed by atoms with E-state index in [1.807, 2.05) is 0 Å². The van der Waals surface area contributed by atoms with Crippen LogP contribution in [0.4, 0.5) is 10.1 Å². The molecule has 0 aliphatic heterocycles. The van der Waals surface area contributed by atoms with Crippen LogP contribution in [-0.2, 0) is 14.3 Å². The number of benzene rings is 2. The van der Waals surface area contributed by atoms with E-state index in [1.54, 1.807) is 31.2 Å². The SMILES string of the molecule is CCOC(=O)CCC(=O)NCCNC(=O)c1ccc(NC(=O)c2ccc(F)cc2)cc1. The van der Waals surface area contributed by atoms with Crippen LogP contribution in [0.1, 0.15) is 40.5 Å². The largest absolute Gasteiger partial charge is 0.466 e. The summed E-state index contributed by atoms with van der Waals surface area (Å²) in [4.78, 5) is 47.1. The molecule has 3 amide bonds. The number of hydrogen-bond donors (Lipinski definition) is 3. The molecule has 0 aliphatic carbocycles. The van der Waals surface area contributed by atoms with Crippen molar-refractivity contribution in [2.24, 2.45) is 0 Å². The standard InChI is InChI=1S/C22H24FN3O5/c1-2-31-20(28)12-11-19(27)24-13-14-25-21(29)15-5-9-18(10-6-15)26-22(30)16-3-7-17(23)8-4-16/h3-10H,2,11-14H2,1H3,(H,24,27)(H,25,29)(H,26,30).